The van der Waals surface area contributed by atoms with Gasteiger partial charge in [0, 0.05) is 10.3 Å². The van der Waals surface area contributed by atoms with Gasteiger partial charge in [-0.25, -0.2) is 4.98 Å². The van der Waals surface area contributed by atoms with Crippen molar-refractivity contribution in [3.05, 3.63) is 46.6 Å². The number of anilines is 2. The zero-order chi connectivity index (χ0) is 16.7. The van der Waals surface area contributed by atoms with Crippen LogP contribution in [-0.4, -0.2) is 15.9 Å². The van der Waals surface area contributed by atoms with Gasteiger partial charge in [0.1, 0.15) is 0 Å². The number of amides is 1. The third-order valence-corrected chi connectivity index (χ3v) is 5.35. The number of hydrogen-bond acceptors (Lipinski definition) is 5. The molecule has 24 heavy (non-hydrogen) atoms. The van der Waals surface area contributed by atoms with Gasteiger partial charge in [0.2, 0.25) is 5.91 Å². The topological polar surface area (TPSA) is 80.9 Å². The maximum atomic E-state index is 12.7. The van der Waals surface area contributed by atoms with Gasteiger partial charge in [-0.1, -0.05) is 11.6 Å². The molecule has 3 N–H and O–H groups in total. The van der Waals surface area contributed by atoms with Crippen molar-refractivity contribution in [2.75, 3.05) is 11.1 Å². The lowest BCUT2D eigenvalue weighted by Crippen LogP contribution is -2.24. The number of nitrogen functional groups attached to an aromatic ring is 1. The number of fused-ring (bicyclic) bond motifs is 2. The van der Waals surface area contributed by atoms with Gasteiger partial charge in [-0.15, -0.1) is 11.3 Å². The van der Waals surface area contributed by atoms with E-state index in [1.807, 2.05) is 25.1 Å². The van der Waals surface area contributed by atoms with Gasteiger partial charge in [0.25, 0.3) is 0 Å². The van der Waals surface area contributed by atoms with Crippen molar-refractivity contribution in [1.82, 2.24) is 9.97 Å². The maximum Gasteiger partial charge on any atom is 0.233 e. The molecule has 0 aliphatic heterocycles. The van der Waals surface area contributed by atoms with E-state index in [9.17, 15) is 4.79 Å². The van der Waals surface area contributed by atoms with Crippen LogP contribution in [0, 0.1) is 6.92 Å². The van der Waals surface area contributed by atoms with Crippen LogP contribution in [-0.2, 0) is 11.2 Å². The molecule has 6 heteroatoms. The molecule has 2 heterocycles. The number of carbonyl (C=O) groups is 1. The maximum absolute atomic E-state index is 12.7. The average molecular weight is 338 g/mol. The van der Waals surface area contributed by atoms with E-state index in [0.717, 1.165) is 40.7 Å². The first kappa shape index (κ1) is 15.1. The quantitative estimate of drug-likeness (QED) is 0.747. The number of nitrogens with one attached hydrogen (secondary N) is 1. The van der Waals surface area contributed by atoms with Gasteiger partial charge in [-0.05, 0) is 44.4 Å². The van der Waals surface area contributed by atoms with Crippen molar-refractivity contribution in [2.45, 2.75) is 32.1 Å². The molecule has 5 nitrogen and oxygen atoms in total. The molecule has 0 bridgehead atoms. The zero-order valence-corrected chi connectivity index (χ0v) is 14.2. The predicted molar refractivity (Wildman–Crippen MR) is 97.3 cm³/mol. The van der Waals surface area contributed by atoms with Crippen molar-refractivity contribution in [3.63, 3.8) is 0 Å². The fourth-order valence-electron chi connectivity index (χ4n) is 3.24. The summed E-state index contributed by atoms with van der Waals surface area (Å²) in [7, 11) is 0. The monoisotopic (exact) mass is 338 g/mol. The highest BCUT2D eigenvalue weighted by molar-refractivity contribution is 7.15. The Kier molecular flexibility index (Phi) is 3.69. The lowest BCUT2D eigenvalue weighted by molar-refractivity contribution is -0.117. The minimum absolute atomic E-state index is 0.0324. The molecule has 0 fully saturated rings. The molecule has 0 radical (unpaired) electrons. The first-order valence-electron chi connectivity index (χ1n) is 8.02. The van der Waals surface area contributed by atoms with E-state index in [4.69, 9.17) is 5.73 Å². The van der Waals surface area contributed by atoms with Crippen LogP contribution >= 0.6 is 11.3 Å². The molecule has 1 atom stereocenters. The van der Waals surface area contributed by atoms with E-state index in [1.165, 1.54) is 16.9 Å². The van der Waals surface area contributed by atoms with Gasteiger partial charge in [0.15, 0.2) is 5.13 Å². The second-order valence-corrected chi connectivity index (χ2v) is 7.33. The highest BCUT2D eigenvalue weighted by Gasteiger charge is 2.30. The van der Waals surface area contributed by atoms with Crippen molar-refractivity contribution in [2.24, 2.45) is 0 Å². The predicted octanol–water partition coefficient (Wildman–Crippen LogP) is 3.64. The summed E-state index contributed by atoms with van der Waals surface area (Å²) in [4.78, 5) is 22.7. The summed E-state index contributed by atoms with van der Waals surface area (Å²) in [6.07, 6.45) is 4.46. The zero-order valence-electron chi connectivity index (χ0n) is 13.4. The Balaban J connectivity index is 1.60. The number of nitrogens with zero attached hydrogens (tertiary/aromatic N) is 2. The first-order chi connectivity index (χ1) is 11.6. The summed E-state index contributed by atoms with van der Waals surface area (Å²) in [5.41, 5.74) is 9.48. The molecule has 2 aromatic heterocycles. The summed E-state index contributed by atoms with van der Waals surface area (Å²) in [6, 6.07) is 8.05. The number of nitrogens with two attached hydrogens (primary N) is 1. The van der Waals surface area contributed by atoms with E-state index in [0.29, 0.717) is 10.8 Å². The Morgan fingerprint density at radius 2 is 2.25 bits per heavy atom. The molecule has 1 aromatic carbocycles. The highest BCUT2D eigenvalue weighted by Crippen LogP contribution is 2.36. The number of aromatic nitrogens is 2. The number of thiazole rings is 1. The highest BCUT2D eigenvalue weighted by atomic mass is 32.1. The van der Waals surface area contributed by atoms with E-state index >= 15 is 0 Å². The van der Waals surface area contributed by atoms with E-state index in [1.54, 1.807) is 6.20 Å². The van der Waals surface area contributed by atoms with Crippen molar-refractivity contribution < 1.29 is 4.79 Å². The van der Waals surface area contributed by atoms with E-state index in [-0.39, 0.29) is 11.8 Å². The molecule has 0 spiro atoms. The van der Waals surface area contributed by atoms with Crippen LogP contribution in [0.5, 0.6) is 0 Å². The molecular weight excluding hydrogens is 320 g/mol. The van der Waals surface area contributed by atoms with E-state index < -0.39 is 0 Å². The Morgan fingerprint density at radius 3 is 3.12 bits per heavy atom. The summed E-state index contributed by atoms with van der Waals surface area (Å²) < 4.78 is 0. The molecule has 1 aliphatic rings. The molecule has 122 valence electrons. The van der Waals surface area contributed by atoms with Crippen molar-refractivity contribution >= 4 is 39.0 Å². The molecular formula is C18H18N4OS. The van der Waals surface area contributed by atoms with Crippen LogP contribution in [0.3, 0.4) is 0 Å². The number of benzene rings is 1. The van der Waals surface area contributed by atoms with Gasteiger partial charge in [-0.2, -0.15) is 0 Å². The number of carbonyl (C=O) groups excluding carboxylic acids is 1. The molecule has 1 aliphatic carbocycles. The minimum Gasteiger partial charge on any atom is -0.375 e. The van der Waals surface area contributed by atoms with Gasteiger partial charge in [0.05, 0.1) is 29.0 Å². The number of aryl methyl sites for hydroxylation is 2. The molecule has 0 saturated heterocycles. The summed E-state index contributed by atoms with van der Waals surface area (Å²) in [5, 5.41) is 4.56. The van der Waals surface area contributed by atoms with Crippen LogP contribution in [0.15, 0.2) is 30.5 Å². The van der Waals surface area contributed by atoms with Crippen LogP contribution in [0.2, 0.25) is 0 Å². The Labute approximate surface area is 143 Å². The standard InChI is InChI=1S/C18H18N4OS/c1-10-5-6-14-11(7-10)8-12(9-20-14)21-17(23)13-3-2-4-15-16(13)22-18(19)24-15/h5-9,13H,2-4H2,1H3,(H2,19,22)(H,21,23). The fraction of sp³-hybridized carbons (Fsp3) is 0.278. The van der Waals surface area contributed by atoms with Crippen LogP contribution in [0.4, 0.5) is 10.8 Å². The van der Waals surface area contributed by atoms with Crippen LogP contribution < -0.4 is 11.1 Å². The lowest BCUT2D eigenvalue weighted by atomic mass is 9.90. The SMILES string of the molecule is Cc1ccc2ncc(NC(=O)C3CCCc4sc(N)nc43)cc2c1. The normalized spacial score (nSPS) is 16.8. The van der Waals surface area contributed by atoms with Crippen molar-refractivity contribution in [3.8, 4) is 0 Å². The molecule has 4 rings (SSSR count). The third kappa shape index (κ3) is 2.73. The Bertz CT molecular complexity index is 934. The third-order valence-electron chi connectivity index (χ3n) is 4.39. The number of rotatable bonds is 2. The van der Waals surface area contributed by atoms with Gasteiger partial charge < -0.3 is 11.1 Å². The lowest BCUT2D eigenvalue weighted by Gasteiger charge is -2.20. The van der Waals surface area contributed by atoms with Crippen molar-refractivity contribution in [1.29, 1.82) is 0 Å². The number of hydrogen-bond donors (Lipinski definition) is 2. The second kappa shape index (κ2) is 5.87. The largest absolute Gasteiger partial charge is 0.375 e. The summed E-state index contributed by atoms with van der Waals surface area (Å²) in [6.45, 7) is 2.04. The average Bonchev–Trinajstić information content (AvgIpc) is 2.94. The fourth-order valence-corrected chi connectivity index (χ4v) is 4.18. The van der Waals surface area contributed by atoms with Crippen LogP contribution in [0.25, 0.3) is 10.9 Å². The second-order valence-electron chi connectivity index (χ2n) is 6.21. The Hall–Kier alpha value is -2.47. The molecule has 0 saturated carbocycles. The smallest absolute Gasteiger partial charge is 0.233 e. The molecule has 3 aromatic rings. The number of pyridine rings is 1. The first-order valence-corrected chi connectivity index (χ1v) is 8.84. The van der Waals surface area contributed by atoms with Crippen LogP contribution in [0.1, 0.15) is 34.9 Å². The molecule has 1 unspecified atom stereocenters. The minimum atomic E-state index is -0.226. The summed E-state index contributed by atoms with van der Waals surface area (Å²) in [5.74, 6) is -0.259. The molecule has 1 amide bonds. The van der Waals surface area contributed by atoms with E-state index in [2.05, 4.69) is 21.4 Å². The van der Waals surface area contributed by atoms with Gasteiger partial charge in [-0.3, -0.25) is 9.78 Å². The Morgan fingerprint density at radius 1 is 1.38 bits per heavy atom. The van der Waals surface area contributed by atoms with Gasteiger partial charge >= 0.3 is 0 Å². The summed E-state index contributed by atoms with van der Waals surface area (Å²) >= 11 is 1.50.